The molecule has 12 heavy (non-hydrogen) atoms. The van der Waals surface area contributed by atoms with Crippen LogP contribution in [0.1, 0.15) is 17.7 Å². The zero-order chi connectivity index (χ0) is 9.14. The second-order valence-electron chi connectivity index (χ2n) is 2.02. The summed E-state index contributed by atoms with van der Waals surface area (Å²) in [7, 11) is 0. The number of hydrogen-bond acceptors (Lipinski definition) is 2. The highest BCUT2D eigenvalue weighted by molar-refractivity contribution is 6.29. The van der Waals surface area contributed by atoms with Crippen molar-refractivity contribution in [1.29, 1.82) is 5.26 Å². The van der Waals surface area contributed by atoms with E-state index < -0.39 is 12.1 Å². The van der Waals surface area contributed by atoms with E-state index in [4.69, 9.17) is 16.9 Å². The molecule has 0 spiro atoms. The molecule has 0 fully saturated rings. The first kappa shape index (κ1) is 8.88. The Labute approximate surface area is 72.4 Å². The summed E-state index contributed by atoms with van der Waals surface area (Å²) in [6, 6.07) is 3.95. The number of hydrogen-bond donors (Lipinski definition) is 0. The van der Waals surface area contributed by atoms with Crippen LogP contribution < -0.4 is 0 Å². The molecule has 1 aromatic heterocycles. The third-order valence-corrected chi connectivity index (χ3v) is 1.36. The van der Waals surface area contributed by atoms with E-state index in [2.05, 4.69) is 4.98 Å². The van der Waals surface area contributed by atoms with Gasteiger partial charge in [0.25, 0.3) is 6.43 Å². The summed E-state index contributed by atoms with van der Waals surface area (Å²) in [6.07, 6.45) is -2.70. The quantitative estimate of drug-likeness (QED) is 0.635. The van der Waals surface area contributed by atoms with Crippen LogP contribution in [0, 0.1) is 11.3 Å². The van der Waals surface area contributed by atoms with Gasteiger partial charge in [-0.15, -0.1) is 0 Å². The van der Waals surface area contributed by atoms with Gasteiger partial charge in [0.2, 0.25) is 0 Å². The molecule has 0 N–H and O–H groups in total. The van der Waals surface area contributed by atoms with Crippen LogP contribution in [-0.2, 0) is 0 Å². The Kier molecular flexibility index (Phi) is 2.56. The Morgan fingerprint density at radius 3 is 2.67 bits per heavy atom. The Hall–Kier alpha value is -1.21. The van der Waals surface area contributed by atoms with E-state index in [0.717, 1.165) is 6.07 Å². The Morgan fingerprint density at radius 2 is 2.17 bits per heavy atom. The standard InChI is InChI=1S/C7H3ClF2N2/c8-6-2-4(3-11)1-5(12-6)7(9)10/h1-2,7H. The highest BCUT2D eigenvalue weighted by atomic mass is 35.5. The molecule has 62 valence electrons. The predicted molar refractivity (Wildman–Crippen MR) is 38.9 cm³/mol. The SMILES string of the molecule is N#Cc1cc(Cl)nc(C(F)F)c1. The smallest absolute Gasteiger partial charge is 0.235 e. The number of aromatic nitrogens is 1. The zero-order valence-corrected chi connectivity index (χ0v) is 6.52. The lowest BCUT2D eigenvalue weighted by molar-refractivity contribution is 0.146. The van der Waals surface area contributed by atoms with Gasteiger partial charge in [-0.25, -0.2) is 13.8 Å². The summed E-state index contributed by atoms with van der Waals surface area (Å²) in [5.74, 6) is 0. The van der Waals surface area contributed by atoms with E-state index in [1.165, 1.54) is 6.07 Å². The minimum Gasteiger partial charge on any atom is -0.235 e. The van der Waals surface area contributed by atoms with E-state index in [1.54, 1.807) is 6.07 Å². The monoisotopic (exact) mass is 188 g/mol. The fraction of sp³-hybridized carbons (Fsp3) is 0.143. The van der Waals surface area contributed by atoms with Crippen molar-refractivity contribution in [1.82, 2.24) is 4.98 Å². The third-order valence-electron chi connectivity index (χ3n) is 1.17. The normalized spacial score (nSPS) is 9.92. The van der Waals surface area contributed by atoms with Gasteiger partial charge in [-0.05, 0) is 12.1 Å². The summed E-state index contributed by atoms with van der Waals surface area (Å²) >= 11 is 5.38. The van der Waals surface area contributed by atoms with E-state index in [9.17, 15) is 8.78 Å². The van der Waals surface area contributed by atoms with E-state index >= 15 is 0 Å². The van der Waals surface area contributed by atoms with Crippen molar-refractivity contribution >= 4 is 11.6 Å². The molecule has 0 bridgehead atoms. The molecule has 5 heteroatoms. The van der Waals surface area contributed by atoms with Crippen molar-refractivity contribution < 1.29 is 8.78 Å². The summed E-state index contributed by atoms with van der Waals surface area (Å²) in [4.78, 5) is 3.35. The summed E-state index contributed by atoms with van der Waals surface area (Å²) in [5, 5.41) is 8.29. The maximum absolute atomic E-state index is 12.0. The van der Waals surface area contributed by atoms with Crippen LogP contribution in [-0.4, -0.2) is 4.98 Å². The molecule has 0 aromatic carbocycles. The van der Waals surface area contributed by atoms with Crippen LogP contribution >= 0.6 is 11.6 Å². The highest BCUT2D eigenvalue weighted by Crippen LogP contribution is 2.19. The van der Waals surface area contributed by atoms with Gasteiger partial charge >= 0.3 is 0 Å². The Balaban J connectivity index is 3.17. The first-order chi connectivity index (χ1) is 5.63. The Morgan fingerprint density at radius 1 is 1.50 bits per heavy atom. The van der Waals surface area contributed by atoms with Gasteiger partial charge in [0.05, 0.1) is 11.6 Å². The molecule has 0 aliphatic heterocycles. The summed E-state index contributed by atoms with van der Waals surface area (Å²) < 4.78 is 24.1. The molecule has 1 rings (SSSR count). The first-order valence-electron chi connectivity index (χ1n) is 2.99. The van der Waals surface area contributed by atoms with Crippen LogP contribution in [0.2, 0.25) is 5.15 Å². The lowest BCUT2D eigenvalue weighted by Gasteiger charge is -1.98. The van der Waals surface area contributed by atoms with E-state index in [0.29, 0.717) is 0 Å². The lowest BCUT2D eigenvalue weighted by atomic mass is 10.2. The maximum Gasteiger partial charge on any atom is 0.280 e. The van der Waals surface area contributed by atoms with Crippen molar-refractivity contribution in [2.45, 2.75) is 6.43 Å². The first-order valence-corrected chi connectivity index (χ1v) is 3.37. The third kappa shape index (κ3) is 1.89. The minimum absolute atomic E-state index is 0.0882. The molecule has 2 nitrogen and oxygen atoms in total. The summed E-state index contributed by atoms with van der Waals surface area (Å²) in [5.41, 5.74) is -0.385. The number of rotatable bonds is 1. The largest absolute Gasteiger partial charge is 0.280 e. The molecule has 0 aliphatic rings. The van der Waals surface area contributed by atoms with Crippen molar-refractivity contribution in [3.63, 3.8) is 0 Å². The van der Waals surface area contributed by atoms with Gasteiger partial charge < -0.3 is 0 Å². The molecule has 0 aliphatic carbocycles. The Bertz CT molecular complexity index is 333. The average molecular weight is 189 g/mol. The zero-order valence-electron chi connectivity index (χ0n) is 5.76. The lowest BCUT2D eigenvalue weighted by Crippen LogP contribution is -1.91. The fourth-order valence-electron chi connectivity index (χ4n) is 0.694. The maximum atomic E-state index is 12.0. The predicted octanol–water partition coefficient (Wildman–Crippen LogP) is 2.54. The van der Waals surface area contributed by atoms with Crippen LogP contribution in [0.25, 0.3) is 0 Å². The van der Waals surface area contributed by atoms with Gasteiger partial charge in [0.1, 0.15) is 10.8 Å². The topological polar surface area (TPSA) is 36.7 Å². The second-order valence-corrected chi connectivity index (χ2v) is 2.40. The number of alkyl halides is 2. The van der Waals surface area contributed by atoms with Gasteiger partial charge in [0.15, 0.2) is 0 Å². The molecular formula is C7H3ClF2N2. The molecule has 1 aromatic rings. The van der Waals surface area contributed by atoms with E-state index in [1.807, 2.05) is 0 Å². The molecule has 0 unspecified atom stereocenters. The highest BCUT2D eigenvalue weighted by Gasteiger charge is 2.10. The molecular weight excluding hydrogens is 186 g/mol. The van der Waals surface area contributed by atoms with Gasteiger partial charge in [-0.1, -0.05) is 11.6 Å². The average Bonchev–Trinajstić information content (AvgIpc) is 2.03. The van der Waals surface area contributed by atoms with Crippen molar-refractivity contribution in [3.8, 4) is 6.07 Å². The molecule has 0 atom stereocenters. The van der Waals surface area contributed by atoms with Gasteiger partial charge in [-0.3, -0.25) is 0 Å². The van der Waals surface area contributed by atoms with Crippen LogP contribution in [0.15, 0.2) is 12.1 Å². The van der Waals surface area contributed by atoms with Crippen LogP contribution in [0.4, 0.5) is 8.78 Å². The molecule has 1 heterocycles. The van der Waals surface area contributed by atoms with Gasteiger partial charge in [-0.2, -0.15) is 5.26 Å². The number of pyridine rings is 1. The molecule has 0 radical (unpaired) electrons. The number of nitrogens with zero attached hydrogens (tertiary/aromatic N) is 2. The minimum atomic E-state index is -2.70. The molecule has 0 amide bonds. The summed E-state index contributed by atoms with van der Waals surface area (Å²) in [6.45, 7) is 0. The number of halogens is 3. The fourth-order valence-corrected chi connectivity index (χ4v) is 0.909. The van der Waals surface area contributed by atoms with Crippen LogP contribution in [0.3, 0.4) is 0 Å². The van der Waals surface area contributed by atoms with Gasteiger partial charge in [0, 0.05) is 0 Å². The second kappa shape index (κ2) is 3.46. The molecule has 0 saturated heterocycles. The number of nitriles is 1. The van der Waals surface area contributed by atoms with Crippen molar-refractivity contribution in [3.05, 3.63) is 28.5 Å². The van der Waals surface area contributed by atoms with Crippen molar-refractivity contribution in [2.24, 2.45) is 0 Å². The molecule has 0 saturated carbocycles. The van der Waals surface area contributed by atoms with Crippen LogP contribution in [0.5, 0.6) is 0 Å². The van der Waals surface area contributed by atoms with Crippen molar-refractivity contribution in [2.75, 3.05) is 0 Å². The van der Waals surface area contributed by atoms with E-state index in [-0.39, 0.29) is 10.7 Å².